The Bertz CT molecular complexity index is 403. The first-order chi connectivity index (χ1) is 9.46. The van der Waals surface area contributed by atoms with Crippen molar-refractivity contribution >= 4 is 5.91 Å². The van der Waals surface area contributed by atoms with E-state index < -0.39 is 11.0 Å². The maximum absolute atomic E-state index is 12.8. The summed E-state index contributed by atoms with van der Waals surface area (Å²) in [5, 5.41) is 10.7. The molecule has 3 aliphatic rings. The molecule has 3 fully saturated rings. The van der Waals surface area contributed by atoms with Crippen LogP contribution in [-0.2, 0) is 9.53 Å². The summed E-state index contributed by atoms with van der Waals surface area (Å²) in [7, 11) is 0. The maximum Gasteiger partial charge on any atom is 0.232 e. The zero-order valence-corrected chi connectivity index (χ0v) is 12.3. The second kappa shape index (κ2) is 4.97. The third-order valence-electron chi connectivity index (χ3n) is 5.72. The average Bonchev–Trinajstić information content (AvgIpc) is 2.78. The Labute approximate surface area is 120 Å². The number of ether oxygens (including phenoxy) is 1. The Morgan fingerprint density at radius 1 is 1.40 bits per heavy atom. The van der Waals surface area contributed by atoms with Gasteiger partial charge in [-0.05, 0) is 26.2 Å². The summed E-state index contributed by atoms with van der Waals surface area (Å²) in [4.78, 5) is 14.7. The highest BCUT2D eigenvalue weighted by Gasteiger charge is 2.50. The van der Waals surface area contributed by atoms with E-state index in [1.807, 2.05) is 11.8 Å². The Kier molecular flexibility index (Phi) is 3.55. The smallest absolute Gasteiger partial charge is 0.232 e. The van der Waals surface area contributed by atoms with Crippen molar-refractivity contribution in [3.05, 3.63) is 0 Å². The molecule has 0 aromatic heterocycles. The monoisotopic (exact) mass is 282 g/mol. The number of hydrogen-bond donors (Lipinski definition) is 2. The Morgan fingerprint density at radius 3 is 2.90 bits per heavy atom. The molecule has 1 amide bonds. The van der Waals surface area contributed by atoms with Crippen molar-refractivity contribution in [2.45, 2.75) is 50.7 Å². The van der Waals surface area contributed by atoms with Crippen LogP contribution >= 0.6 is 0 Å². The first-order valence-corrected chi connectivity index (χ1v) is 7.81. The molecule has 5 heteroatoms. The fraction of sp³-hybridized carbons (Fsp3) is 0.933. The van der Waals surface area contributed by atoms with E-state index in [2.05, 4.69) is 0 Å². The zero-order chi connectivity index (χ0) is 14.4. The molecule has 0 aromatic rings. The molecule has 0 aromatic carbocycles. The van der Waals surface area contributed by atoms with Crippen molar-refractivity contribution in [2.24, 2.45) is 17.1 Å². The van der Waals surface area contributed by atoms with Crippen molar-refractivity contribution in [2.75, 3.05) is 26.3 Å². The molecule has 114 valence electrons. The molecule has 2 heterocycles. The number of likely N-dealkylation sites (tertiary alicyclic amines) is 1. The van der Waals surface area contributed by atoms with Gasteiger partial charge in [0, 0.05) is 25.0 Å². The first kappa shape index (κ1) is 14.3. The quantitative estimate of drug-likeness (QED) is 0.734. The van der Waals surface area contributed by atoms with E-state index in [0.717, 1.165) is 25.7 Å². The van der Waals surface area contributed by atoms with Crippen molar-refractivity contribution in [3.8, 4) is 0 Å². The van der Waals surface area contributed by atoms with Gasteiger partial charge in [-0.1, -0.05) is 12.8 Å². The fourth-order valence-corrected chi connectivity index (χ4v) is 4.03. The minimum absolute atomic E-state index is 0.107. The van der Waals surface area contributed by atoms with Crippen LogP contribution in [0.25, 0.3) is 0 Å². The van der Waals surface area contributed by atoms with Crippen LogP contribution in [0.5, 0.6) is 0 Å². The van der Waals surface area contributed by atoms with Gasteiger partial charge in [0.2, 0.25) is 5.91 Å². The number of piperidine rings is 1. The number of nitrogens with two attached hydrogens (primary N) is 1. The highest BCUT2D eigenvalue weighted by atomic mass is 16.5. The molecule has 5 nitrogen and oxygen atoms in total. The van der Waals surface area contributed by atoms with E-state index in [-0.39, 0.29) is 17.9 Å². The van der Waals surface area contributed by atoms with Gasteiger partial charge >= 0.3 is 0 Å². The van der Waals surface area contributed by atoms with E-state index >= 15 is 0 Å². The molecular formula is C15H26N2O3. The fourth-order valence-electron chi connectivity index (χ4n) is 4.03. The summed E-state index contributed by atoms with van der Waals surface area (Å²) in [6.07, 6.45) is 4.89. The molecule has 0 radical (unpaired) electrons. The lowest BCUT2D eigenvalue weighted by molar-refractivity contribution is -0.153. The maximum atomic E-state index is 12.8. The van der Waals surface area contributed by atoms with E-state index in [1.165, 1.54) is 0 Å². The molecule has 20 heavy (non-hydrogen) atoms. The Morgan fingerprint density at radius 2 is 2.20 bits per heavy atom. The SMILES string of the molecule is CC1(C(=O)N2CCC3(O)CCCCC3C2)COCC1N. The topological polar surface area (TPSA) is 75.8 Å². The molecule has 0 spiro atoms. The highest BCUT2D eigenvalue weighted by molar-refractivity contribution is 5.84. The van der Waals surface area contributed by atoms with Crippen LogP contribution in [0.3, 0.4) is 0 Å². The predicted molar refractivity (Wildman–Crippen MR) is 75.0 cm³/mol. The van der Waals surface area contributed by atoms with Gasteiger partial charge < -0.3 is 20.5 Å². The van der Waals surface area contributed by atoms with Crippen LogP contribution in [0.4, 0.5) is 0 Å². The van der Waals surface area contributed by atoms with Gasteiger partial charge in [0.05, 0.1) is 24.2 Å². The predicted octanol–water partition coefficient (Wildman–Crippen LogP) is 0.504. The van der Waals surface area contributed by atoms with Crippen LogP contribution in [-0.4, -0.2) is 53.9 Å². The molecule has 2 aliphatic heterocycles. The Balaban J connectivity index is 1.71. The van der Waals surface area contributed by atoms with Gasteiger partial charge in [0.25, 0.3) is 0 Å². The van der Waals surface area contributed by atoms with Crippen LogP contribution in [0, 0.1) is 11.3 Å². The summed E-state index contributed by atoms with van der Waals surface area (Å²) in [5.41, 5.74) is 4.93. The number of aliphatic hydroxyl groups is 1. The van der Waals surface area contributed by atoms with Gasteiger partial charge in [-0.3, -0.25) is 4.79 Å². The number of nitrogens with zero attached hydrogens (tertiary/aromatic N) is 1. The van der Waals surface area contributed by atoms with Crippen LogP contribution in [0.15, 0.2) is 0 Å². The minimum Gasteiger partial charge on any atom is -0.389 e. The molecule has 2 saturated heterocycles. The standard InChI is InChI=1S/C15H26N2O3/c1-14(10-20-9-12(14)16)13(18)17-7-6-15(19)5-3-2-4-11(15)8-17/h11-12,19H,2-10,16H2,1H3. The van der Waals surface area contributed by atoms with Crippen molar-refractivity contribution in [1.29, 1.82) is 0 Å². The van der Waals surface area contributed by atoms with E-state index in [9.17, 15) is 9.90 Å². The molecular weight excluding hydrogens is 256 g/mol. The van der Waals surface area contributed by atoms with E-state index in [1.54, 1.807) is 0 Å². The normalized spacial score (nSPS) is 45.2. The number of carbonyl (C=O) groups is 1. The lowest BCUT2D eigenvalue weighted by atomic mass is 9.70. The number of fused-ring (bicyclic) bond motifs is 1. The summed E-state index contributed by atoms with van der Waals surface area (Å²) in [6, 6.07) is -0.220. The minimum atomic E-state index is -0.593. The summed E-state index contributed by atoms with van der Waals surface area (Å²) >= 11 is 0. The van der Waals surface area contributed by atoms with Crippen molar-refractivity contribution in [3.63, 3.8) is 0 Å². The number of hydrogen-bond acceptors (Lipinski definition) is 4. The number of rotatable bonds is 1. The Hall–Kier alpha value is -0.650. The van der Waals surface area contributed by atoms with Crippen molar-refractivity contribution < 1.29 is 14.6 Å². The van der Waals surface area contributed by atoms with Gasteiger partial charge in [0.15, 0.2) is 0 Å². The van der Waals surface area contributed by atoms with E-state index in [0.29, 0.717) is 32.7 Å². The van der Waals surface area contributed by atoms with Crippen LogP contribution < -0.4 is 5.73 Å². The summed E-state index contributed by atoms with van der Waals surface area (Å²) in [6.45, 7) is 4.11. The molecule has 0 bridgehead atoms. The van der Waals surface area contributed by atoms with Crippen molar-refractivity contribution in [1.82, 2.24) is 4.90 Å². The largest absolute Gasteiger partial charge is 0.389 e. The molecule has 3 N–H and O–H groups in total. The lowest BCUT2D eigenvalue weighted by Crippen LogP contribution is -2.59. The zero-order valence-electron chi connectivity index (χ0n) is 12.3. The van der Waals surface area contributed by atoms with Crippen LogP contribution in [0.2, 0.25) is 0 Å². The van der Waals surface area contributed by atoms with E-state index in [4.69, 9.17) is 10.5 Å². The van der Waals surface area contributed by atoms with Crippen LogP contribution in [0.1, 0.15) is 39.0 Å². The molecule has 3 rings (SSSR count). The second-order valence-electron chi connectivity index (χ2n) is 7.09. The third kappa shape index (κ3) is 2.16. The molecule has 4 unspecified atom stereocenters. The average molecular weight is 282 g/mol. The number of carbonyl (C=O) groups excluding carboxylic acids is 1. The van der Waals surface area contributed by atoms with Gasteiger partial charge in [-0.15, -0.1) is 0 Å². The number of amides is 1. The van der Waals surface area contributed by atoms with Gasteiger partial charge in [-0.25, -0.2) is 0 Å². The van der Waals surface area contributed by atoms with Gasteiger partial charge in [0.1, 0.15) is 0 Å². The highest BCUT2D eigenvalue weighted by Crippen LogP contribution is 2.41. The molecule has 4 atom stereocenters. The summed E-state index contributed by atoms with van der Waals surface area (Å²) < 4.78 is 5.39. The second-order valence-corrected chi connectivity index (χ2v) is 7.09. The lowest BCUT2D eigenvalue weighted by Gasteiger charge is -2.48. The third-order valence-corrected chi connectivity index (χ3v) is 5.72. The molecule has 1 aliphatic carbocycles. The summed E-state index contributed by atoms with van der Waals surface area (Å²) in [5.74, 6) is 0.339. The first-order valence-electron chi connectivity index (χ1n) is 7.81. The molecule has 1 saturated carbocycles. The van der Waals surface area contributed by atoms with Gasteiger partial charge in [-0.2, -0.15) is 0 Å².